The molecule has 0 aliphatic carbocycles. The SMILES string of the molecule is CCCCc1nc2ccc(Br)cc2c(=O)n1N=Cc1ccccc1OCC(=O)Nc1cccc(F)c1. The minimum absolute atomic E-state index is 0.267. The van der Waals surface area contributed by atoms with Gasteiger partial charge in [0, 0.05) is 22.1 Å². The van der Waals surface area contributed by atoms with Crippen LogP contribution in [0, 0.1) is 5.82 Å². The van der Waals surface area contributed by atoms with Crippen LogP contribution >= 0.6 is 15.9 Å². The second kappa shape index (κ2) is 11.7. The second-order valence-corrected chi connectivity index (χ2v) is 8.96. The van der Waals surface area contributed by atoms with Crippen LogP contribution in [0.15, 0.2) is 81.1 Å². The van der Waals surface area contributed by atoms with Crippen molar-refractivity contribution in [3.8, 4) is 5.75 Å². The number of aryl methyl sites for hydroxylation is 1. The van der Waals surface area contributed by atoms with Gasteiger partial charge in [0.25, 0.3) is 11.5 Å². The number of hydrogen-bond acceptors (Lipinski definition) is 5. The van der Waals surface area contributed by atoms with Crippen LogP contribution in [0.5, 0.6) is 5.75 Å². The van der Waals surface area contributed by atoms with E-state index in [4.69, 9.17) is 4.74 Å². The Kier molecular flexibility index (Phi) is 8.22. The maximum absolute atomic E-state index is 13.3. The van der Waals surface area contributed by atoms with Crippen LogP contribution in [-0.2, 0) is 11.2 Å². The summed E-state index contributed by atoms with van der Waals surface area (Å²) in [6.45, 7) is 1.79. The van der Waals surface area contributed by atoms with Gasteiger partial charge in [-0.1, -0.05) is 47.5 Å². The van der Waals surface area contributed by atoms with Crippen LogP contribution in [0.25, 0.3) is 10.9 Å². The number of anilines is 1. The zero-order valence-corrected chi connectivity index (χ0v) is 21.2. The fourth-order valence-electron chi connectivity index (χ4n) is 3.56. The molecule has 1 aromatic heterocycles. The van der Waals surface area contributed by atoms with E-state index in [1.54, 1.807) is 36.4 Å². The Morgan fingerprint density at radius 1 is 1.17 bits per heavy atom. The number of carbonyl (C=O) groups excluding carboxylic acids is 1. The van der Waals surface area contributed by atoms with E-state index in [9.17, 15) is 14.0 Å². The lowest BCUT2D eigenvalue weighted by Gasteiger charge is -2.11. The van der Waals surface area contributed by atoms with Gasteiger partial charge in [0.15, 0.2) is 6.61 Å². The fraction of sp³-hybridized carbons (Fsp3) is 0.185. The standard InChI is InChI=1S/C27H24BrFN4O3/c1-2-3-11-25-32-23-13-12-19(28)14-22(23)27(35)33(25)30-16-18-7-4-5-10-24(18)36-17-26(34)31-21-9-6-8-20(29)15-21/h4-10,12-16H,2-3,11,17H2,1H3,(H,31,34). The number of nitrogens with one attached hydrogen (secondary N) is 1. The van der Waals surface area contributed by atoms with Crippen molar-refractivity contribution < 1.29 is 13.9 Å². The first-order chi connectivity index (χ1) is 17.4. The summed E-state index contributed by atoms with van der Waals surface area (Å²) in [7, 11) is 0. The number of ether oxygens (including phenoxy) is 1. The first kappa shape index (κ1) is 25.2. The molecule has 36 heavy (non-hydrogen) atoms. The van der Waals surface area contributed by atoms with Gasteiger partial charge < -0.3 is 10.1 Å². The molecule has 0 saturated carbocycles. The molecular formula is C27H24BrFN4O3. The van der Waals surface area contributed by atoms with Crippen molar-refractivity contribution >= 4 is 44.6 Å². The first-order valence-corrected chi connectivity index (χ1v) is 12.3. The molecule has 184 valence electrons. The molecule has 0 fully saturated rings. The number of benzene rings is 3. The van der Waals surface area contributed by atoms with Gasteiger partial charge >= 0.3 is 0 Å². The van der Waals surface area contributed by atoms with Crippen molar-refractivity contribution in [3.63, 3.8) is 0 Å². The van der Waals surface area contributed by atoms with E-state index in [0.717, 1.165) is 17.3 Å². The van der Waals surface area contributed by atoms with Crippen molar-refractivity contribution in [3.05, 3.63) is 98.8 Å². The third-order valence-electron chi connectivity index (χ3n) is 5.33. The maximum Gasteiger partial charge on any atom is 0.282 e. The van der Waals surface area contributed by atoms with Gasteiger partial charge in [-0.2, -0.15) is 9.78 Å². The highest BCUT2D eigenvalue weighted by Gasteiger charge is 2.12. The molecular weight excluding hydrogens is 527 g/mol. The Bertz CT molecular complexity index is 1490. The molecule has 1 amide bonds. The molecule has 4 rings (SSSR count). The monoisotopic (exact) mass is 550 g/mol. The van der Waals surface area contributed by atoms with Crippen LogP contribution in [0.2, 0.25) is 0 Å². The molecule has 0 saturated heterocycles. The van der Waals surface area contributed by atoms with Crippen molar-refractivity contribution in [2.45, 2.75) is 26.2 Å². The Balaban J connectivity index is 1.58. The summed E-state index contributed by atoms with van der Waals surface area (Å²) in [5.41, 5.74) is 1.27. The summed E-state index contributed by atoms with van der Waals surface area (Å²) in [4.78, 5) is 30.2. The number of aromatic nitrogens is 2. The molecule has 9 heteroatoms. The normalized spacial score (nSPS) is 11.2. The van der Waals surface area contributed by atoms with Crippen molar-refractivity contribution in [1.29, 1.82) is 0 Å². The Hall–Kier alpha value is -3.85. The fourth-order valence-corrected chi connectivity index (χ4v) is 3.92. The third kappa shape index (κ3) is 6.23. The summed E-state index contributed by atoms with van der Waals surface area (Å²) in [5, 5.41) is 7.50. The largest absolute Gasteiger partial charge is 0.483 e. The average molecular weight is 551 g/mol. The molecule has 0 aliphatic rings. The number of para-hydroxylation sites is 1. The topological polar surface area (TPSA) is 85.6 Å². The molecule has 0 radical (unpaired) electrons. The molecule has 0 spiro atoms. The van der Waals surface area contributed by atoms with E-state index in [1.807, 2.05) is 12.1 Å². The summed E-state index contributed by atoms with van der Waals surface area (Å²) in [5.74, 6) is 0.102. The van der Waals surface area contributed by atoms with Gasteiger partial charge in [-0.15, -0.1) is 0 Å². The van der Waals surface area contributed by atoms with Crippen molar-refractivity contribution in [2.75, 3.05) is 11.9 Å². The first-order valence-electron chi connectivity index (χ1n) is 11.5. The number of hydrogen-bond donors (Lipinski definition) is 1. The molecule has 0 aliphatic heterocycles. The lowest BCUT2D eigenvalue weighted by atomic mass is 10.2. The van der Waals surface area contributed by atoms with E-state index < -0.39 is 11.7 Å². The predicted octanol–water partition coefficient (Wildman–Crippen LogP) is 5.54. The molecule has 1 N–H and O–H groups in total. The lowest BCUT2D eigenvalue weighted by molar-refractivity contribution is -0.118. The molecule has 0 atom stereocenters. The lowest BCUT2D eigenvalue weighted by Crippen LogP contribution is -2.22. The van der Waals surface area contributed by atoms with E-state index in [-0.39, 0.29) is 12.2 Å². The third-order valence-corrected chi connectivity index (χ3v) is 5.82. The molecule has 1 heterocycles. The molecule has 7 nitrogen and oxygen atoms in total. The highest BCUT2D eigenvalue weighted by Crippen LogP contribution is 2.18. The highest BCUT2D eigenvalue weighted by molar-refractivity contribution is 9.10. The number of carbonyl (C=O) groups is 1. The van der Waals surface area contributed by atoms with Gasteiger partial charge in [-0.25, -0.2) is 9.37 Å². The van der Waals surface area contributed by atoms with Crippen LogP contribution in [0.3, 0.4) is 0 Å². The minimum atomic E-state index is -0.445. The van der Waals surface area contributed by atoms with Crippen molar-refractivity contribution in [1.82, 2.24) is 9.66 Å². The zero-order valence-electron chi connectivity index (χ0n) is 19.6. The smallest absolute Gasteiger partial charge is 0.282 e. The highest BCUT2D eigenvalue weighted by atomic mass is 79.9. The van der Waals surface area contributed by atoms with Crippen LogP contribution < -0.4 is 15.6 Å². The molecule has 4 aromatic rings. The summed E-state index contributed by atoms with van der Waals surface area (Å²) in [6, 6.07) is 18.1. The quantitative estimate of drug-likeness (QED) is 0.277. The Morgan fingerprint density at radius 3 is 2.81 bits per heavy atom. The van der Waals surface area contributed by atoms with Gasteiger partial charge in [0.2, 0.25) is 0 Å². The molecule has 0 unspecified atom stereocenters. The summed E-state index contributed by atoms with van der Waals surface area (Å²) in [6.07, 6.45) is 3.94. The van der Waals surface area contributed by atoms with Gasteiger partial charge in [0.05, 0.1) is 17.1 Å². The van der Waals surface area contributed by atoms with Gasteiger partial charge in [-0.3, -0.25) is 9.59 Å². The van der Waals surface area contributed by atoms with Crippen LogP contribution in [0.1, 0.15) is 31.2 Å². The van der Waals surface area contributed by atoms with Gasteiger partial charge in [0.1, 0.15) is 17.4 Å². The number of amides is 1. The Morgan fingerprint density at radius 2 is 2.00 bits per heavy atom. The number of fused-ring (bicyclic) bond motifs is 1. The number of rotatable bonds is 9. The zero-order chi connectivity index (χ0) is 25.5. The van der Waals surface area contributed by atoms with E-state index >= 15 is 0 Å². The number of unbranched alkanes of at least 4 members (excludes halogenated alkanes) is 1. The summed E-state index contributed by atoms with van der Waals surface area (Å²) < 4.78 is 21.1. The predicted molar refractivity (Wildman–Crippen MR) is 142 cm³/mol. The molecule has 3 aromatic carbocycles. The van der Waals surface area contributed by atoms with Gasteiger partial charge in [-0.05, 0) is 55.0 Å². The van der Waals surface area contributed by atoms with E-state index in [2.05, 4.69) is 38.3 Å². The molecule has 0 bridgehead atoms. The van der Waals surface area contributed by atoms with Crippen LogP contribution in [0.4, 0.5) is 10.1 Å². The van der Waals surface area contributed by atoms with E-state index in [0.29, 0.717) is 40.1 Å². The maximum atomic E-state index is 13.3. The Labute approximate surface area is 215 Å². The second-order valence-electron chi connectivity index (χ2n) is 8.04. The average Bonchev–Trinajstić information content (AvgIpc) is 2.87. The summed E-state index contributed by atoms with van der Waals surface area (Å²) >= 11 is 3.41. The minimum Gasteiger partial charge on any atom is -0.483 e. The van der Waals surface area contributed by atoms with Crippen molar-refractivity contribution in [2.24, 2.45) is 5.10 Å². The number of nitrogens with zero attached hydrogens (tertiary/aromatic N) is 3. The number of halogens is 2. The van der Waals surface area contributed by atoms with Crippen LogP contribution in [-0.4, -0.2) is 28.4 Å². The van der Waals surface area contributed by atoms with E-state index in [1.165, 1.54) is 29.1 Å².